The van der Waals surface area contributed by atoms with Crippen molar-refractivity contribution in [2.45, 2.75) is 26.2 Å². The standard InChI is InChI=1S/C23H27ClN2O/c1-23(2,3)19-7-4-18(5-8-19)6-13-22(27)26-16-14-25(15-17-26)21-11-9-20(24)10-12-21/h4-13H,14-17H2,1-3H3/b13-6+. The van der Waals surface area contributed by atoms with Gasteiger partial charge in [-0.3, -0.25) is 4.79 Å². The van der Waals surface area contributed by atoms with Crippen LogP contribution in [0.25, 0.3) is 6.08 Å². The predicted molar refractivity (Wildman–Crippen MR) is 114 cm³/mol. The van der Waals surface area contributed by atoms with Crippen LogP contribution in [0.3, 0.4) is 0 Å². The minimum atomic E-state index is 0.0747. The van der Waals surface area contributed by atoms with Crippen LogP contribution in [0, 0.1) is 0 Å². The molecule has 0 bridgehead atoms. The van der Waals surface area contributed by atoms with Gasteiger partial charge in [0.25, 0.3) is 0 Å². The lowest BCUT2D eigenvalue weighted by atomic mass is 9.87. The Morgan fingerprint density at radius 2 is 1.52 bits per heavy atom. The van der Waals surface area contributed by atoms with Crippen molar-refractivity contribution in [3.05, 3.63) is 70.8 Å². The fourth-order valence-corrected chi connectivity index (χ4v) is 3.33. The van der Waals surface area contributed by atoms with E-state index in [-0.39, 0.29) is 11.3 Å². The summed E-state index contributed by atoms with van der Waals surface area (Å²) in [6.45, 7) is 9.73. The van der Waals surface area contributed by atoms with E-state index in [1.807, 2.05) is 35.2 Å². The van der Waals surface area contributed by atoms with E-state index in [1.54, 1.807) is 6.08 Å². The number of hydrogen-bond donors (Lipinski definition) is 0. The Morgan fingerprint density at radius 3 is 2.07 bits per heavy atom. The zero-order valence-corrected chi connectivity index (χ0v) is 17.0. The van der Waals surface area contributed by atoms with Crippen LogP contribution in [0.15, 0.2) is 54.6 Å². The second-order valence-corrected chi connectivity index (χ2v) is 8.43. The molecular weight excluding hydrogens is 356 g/mol. The number of nitrogens with zero attached hydrogens (tertiary/aromatic N) is 2. The summed E-state index contributed by atoms with van der Waals surface area (Å²) in [6, 6.07) is 16.3. The lowest BCUT2D eigenvalue weighted by molar-refractivity contribution is -0.126. The smallest absolute Gasteiger partial charge is 0.246 e. The molecule has 3 rings (SSSR count). The van der Waals surface area contributed by atoms with Crippen molar-refractivity contribution in [2.75, 3.05) is 31.1 Å². The fourth-order valence-electron chi connectivity index (χ4n) is 3.20. The largest absolute Gasteiger partial charge is 0.368 e. The molecule has 2 aromatic carbocycles. The van der Waals surface area contributed by atoms with Crippen LogP contribution in [0.1, 0.15) is 31.9 Å². The fraction of sp³-hybridized carbons (Fsp3) is 0.348. The van der Waals surface area contributed by atoms with Crippen molar-refractivity contribution < 1.29 is 4.79 Å². The molecule has 0 N–H and O–H groups in total. The van der Waals surface area contributed by atoms with Gasteiger partial charge < -0.3 is 9.80 Å². The highest BCUT2D eigenvalue weighted by Gasteiger charge is 2.19. The van der Waals surface area contributed by atoms with Crippen LogP contribution in [0.4, 0.5) is 5.69 Å². The van der Waals surface area contributed by atoms with Gasteiger partial charge in [-0.25, -0.2) is 0 Å². The molecule has 0 atom stereocenters. The van der Waals surface area contributed by atoms with Gasteiger partial charge in [-0.1, -0.05) is 56.6 Å². The van der Waals surface area contributed by atoms with Crippen LogP contribution >= 0.6 is 11.6 Å². The number of carbonyl (C=O) groups is 1. The zero-order chi connectivity index (χ0) is 19.4. The van der Waals surface area contributed by atoms with Gasteiger partial charge in [-0.15, -0.1) is 0 Å². The second-order valence-electron chi connectivity index (χ2n) is 7.99. The molecule has 0 radical (unpaired) electrons. The molecule has 1 saturated heterocycles. The summed E-state index contributed by atoms with van der Waals surface area (Å²) in [5.41, 5.74) is 3.64. The molecular formula is C23H27ClN2O. The maximum absolute atomic E-state index is 12.5. The van der Waals surface area contributed by atoms with E-state index in [1.165, 1.54) is 5.56 Å². The van der Waals surface area contributed by atoms with Crippen LogP contribution in [-0.4, -0.2) is 37.0 Å². The third kappa shape index (κ3) is 5.14. The summed E-state index contributed by atoms with van der Waals surface area (Å²) in [6.07, 6.45) is 3.59. The molecule has 2 aromatic rings. The maximum atomic E-state index is 12.5. The Balaban J connectivity index is 1.54. The molecule has 142 valence electrons. The number of amides is 1. The molecule has 0 aliphatic carbocycles. The first-order valence-corrected chi connectivity index (χ1v) is 9.79. The minimum absolute atomic E-state index is 0.0747. The number of piperazine rings is 1. The van der Waals surface area contributed by atoms with Crippen molar-refractivity contribution in [3.63, 3.8) is 0 Å². The monoisotopic (exact) mass is 382 g/mol. The summed E-state index contributed by atoms with van der Waals surface area (Å²) in [4.78, 5) is 16.7. The van der Waals surface area contributed by atoms with E-state index < -0.39 is 0 Å². The maximum Gasteiger partial charge on any atom is 0.246 e. The van der Waals surface area contributed by atoms with Gasteiger partial charge in [-0.2, -0.15) is 0 Å². The van der Waals surface area contributed by atoms with Crippen LogP contribution in [0.2, 0.25) is 5.02 Å². The second kappa shape index (κ2) is 8.18. The summed E-state index contributed by atoms with van der Waals surface area (Å²) >= 11 is 5.95. The molecule has 4 heteroatoms. The van der Waals surface area contributed by atoms with E-state index in [0.717, 1.165) is 42.5 Å². The van der Waals surface area contributed by atoms with Crippen molar-refractivity contribution in [1.29, 1.82) is 0 Å². The molecule has 1 heterocycles. The molecule has 1 aliphatic heterocycles. The van der Waals surface area contributed by atoms with E-state index in [4.69, 9.17) is 11.6 Å². The molecule has 27 heavy (non-hydrogen) atoms. The summed E-state index contributed by atoms with van der Waals surface area (Å²) in [5.74, 6) is 0.0747. The summed E-state index contributed by atoms with van der Waals surface area (Å²) in [7, 11) is 0. The molecule has 0 saturated carbocycles. The van der Waals surface area contributed by atoms with E-state index in [2.05, 4.69) is 49.9 Å². The number of hydrogen-bond acceptors (Lipinski definition) is 2. The first-order chi connectivity index (χ1) is 12.8. The Kier molecular flexibility index (Phi) is 5.91. The van der Waals surface area contributed by atoms with Crippen molar-refractivity contribution in [2.24, 2.45) is 0 Å². The van der Waals surface area contributed by atoms with E-state index in [0.29, 0.717) is 0 Å². The third-order valence-electron chi connectivity index (χ3n) is 4.98. The molecule has 1 fully saturated rings. The summed E-state index contributed by atoms with van der Waals surface area (Å²) in [5, 5.41) is 0.744. The van der Waals surface area contributed by atoms with Gasteiger partial charge in [0.05, 0.1) is 0 Å². The van der Waals surface area contributed by atoms with Crippen molar-refractivity contribution >= 4 is 29.3 Å². The number of anilines is 1. The van der Waals surface area contributed by atoms with Crippen molar-refractivity contribution in [1.82, 2.24) is 4.90 Å². The van der Waals surface area contributed by atoms with Gasteiger partial charge in [0.1, 0.15) is 0 Å². The first-order valence-electron chi connectivity index (χ1n) is 9.41. The highest BCUT2D eigenvalue weighted by Crippen LogP contribution is 2.23. The first kappa shape index (κ1) is 19.5. The molecule has 0 spiro atoms. The van der Waals surface area contributed by atoms with Crippen molar-refractivity contribution in [3.8, 4) is 0 Å². The topological polar surface area (TPSA) is 23.6 Å². The SMILES string of the molecule is CC(C)(C)c1ccc(/C=C/C(=O)N2CCN(c3ccc(Cl)cc3)CC2)cc1. The van der Waals surface area contributed by atoms with Gasteiger partial charge >= 0.3 is 0 Å². The van der Waals surface area contributed by atoms with Gasteiger partial charge in [0.15, 0.2) is 0 Å². The van der Waals surface area contributed by atoms with Crippen LogP contribution in [-0.2, 0) is 10.2 Å². The lowest BCUT2D eigenvalue weighted by Crippen LogP contribution is -2.48. The molecule has 0 aromatic heterocycles. The minimum Gasteiger partial charge on any atom is -0.368 e. The Morgan fingerprint density at radius 1 is 0.926 bits per heavy atom. The molecule has 1 amide bonds. The highest BCUT2D eigenvalue weighted by molar-refractivity contribution is 6.30. The van der Waals surface area contributed by atoms with E-state index >= 15 is 0 Å². The van der Waals surface area contributed by atoms with Gasteiger partial charge in [-0.05, 0) is 46.9 Å². The van der Waals surface area contributed by atoms with Gasteiger partial charge in [0, 0.05) is 43.0 Å². The quantitative estimate of drug-likeness (QED) is 0.697. The van der Waals surface area contributed by atoms with Crippen LogP contribution < -0.4 is 4.90 Å². The number of halogens is 1. The Bertz CT molecular complexity index is 796. The highest BCUT2D eigenvalue weighted by atomic mass is 35.5. The predicted octanol–water partition coefficient (Wildman–Crippen LogP) is 5.00. The molecule has 3 nitrogen and oxygen atoms in total. The Hall–Kier alpha value is -2.26. The number of rotatable bonds is 3. The lowest BCUT2D eigenvalue weighted by Gasteiger charge is -2.35. The average molecular weight is 383 g/mol. The van der Waals surface area contributed by atoms with Gasteiger partial charge in [0.2, 0.25) is 5.91 Å². The Labute approximate surface area is 167 Å². The zero-order valence-electron chi connectivity index (χ0n) is 16.3. The van der Waals surface area contributed by atoms with Crippen LogP contribution in [0.5, 0.6) is 0 Å². The normalized spacial score (nSPS) is 15.4. The number of benzene rings is 2. The average Bonchev–Trinajstić information content (AvgIpc) is 2.66. The number of carbonyl (C=O) groups excluding carboxylic acids is 1. The molecule has 0 unspecified atom stereocenters. The third-order valence-corrected chi connectivity index (χ3v) is 5.23. The summed E-state index contributed by atoms with van der Waals surface area (Å²) < 4.78 is 0. The molecule has 1 aliphatic rings. The van der Waals surface area contributed by atoms with E-state index in [9.17, 15) is 4.79 Å².